The molecule has 0 saturated carbocycles. The molecule has 14 heteroatoms. The Balaban J connectivity index is 1.54. The van der Waals surface area contributed by atoms with Crippen LogP contribution in [0.25, 0.3) is 0 Å². The Bertz CT molecular complexity index is 1690. The van der Waals surface area contributed by atoms with Crippen molar-refractivity contribution in [3.8, 4) is 0 Å². The van der Waals surface area contributed by atoms with Crippen molar-refractivity contribution in [3.63, 3.8) is 0 Å². The lowest BCUT2D eigenvalue weighted by Crippen LogP contribution is -2.65. The molecule has 2 fully saturated rings. The molecule has 2 saturated heterocycles. The van der Waals surface area contributed by atoms with E-state index in [1.807, 2.05) is 6.08 Å². The fraction of sp³-hybridized carbons (Fsp3) is 0.938. The third kappa shape index (κ3) is 48.9. The van der Waals surface area contributed by atoms with Gasteiger partial charge in [0.25, 0.3) is 0 Å². The van der Waals surface area contributed by atoms with Crippen LogP contribution in [0.5, 0.6) is 0 Å². The minimum Gasteiger partial charge on any atom is -0.394 e. The van der Waals surface area contributed by atoms with Gasteiger partial charge in [0.2, 0.25) is 5.91 Å². The van der Waals surface area contributed by atoms with Crippen molar-refractivity contribution in [2.75, 3.05) is 19.8 Å². The zero-order chi connectivity index (χ0) is 68.7. The quantitative estimate of drug-likeness (QED) is 0.0204. The van der Waals surface area contributed by atoms with Gasteiger partial charge in [-0.25, -0.2) is 0 Å². The van der Waals surface area contributed by atoms with Crippen molar-refractivity contribution in [1.82, 2.24) is 5.32 Å². The molecule has 12 unspecified atom stereocenters. The van der Waals surface area contributed by atoms with E-state index in [-0.39, 0.29) is 18.9 Å². The topological polar surface area (TPSA) is 228 Å². The Kier molecular flexibility index (Phi) is 62.0. The molecule has 0 aromatic rings. The molecule has 2 aliphatic rings. The van der Waals surface area contributed by atoms with Crippen LogP contribution in [-0.2, 0) is 23.7 Å². The number of ether oxygens (including phenoxy) is 4. The zero-order valence-corrected chi connectivity index (χ0v) is 61.7. The van der Waals surface area contributed by atoms with E-state index in [0.717, 1.165) is 38.5 Å². The Morgan fingerprint density at radius 1 is 0.368 bits per heavy atom. The number of amides is 1. The summed E-state index contributed by atoms with van der Waals surface area (Å²) in [6, 6.07) is -0.913. The van der Waals surface area contributed by atoms with Crippen LogP contribution < -0.4 is 5.32 Å². The third-order valence-electron chi connectivity index (χ3n) is 20.4. The summed E-state index contributed by atoms with van der Waals surface area (Å²) in [6.07, 6.45) is 68.6. The molecule has 0 aliphatic carbocycles. The van der Waals surface area contributed by atoms with Crippen molar-refractivity contribution in [3.05, 3.63) is 24.3 Å². The zero-order valence-electron chi connectivity index (χ0n) is 61.7. The molecule has 2 rings (SSSR count). The van der Waals surface area contributed by atoms with Crippen LogP contribution in [0.4, 0.5) is 0 Å². The molecule has 0 radical (unpaired) electrons. The fourth-order valence-corrected chi connectivity index (χ4v) is 13.9. The molecule has 0 bridgehead atoms. The second-order valence-electron chi connectivity index (χ2n) is 29.3. The number of unbranched alkanes of at least 4 members (excludes halogenated alkanes) is 55. The Labute approximate surface area is 583 Å². The molecular weight excluding hydrogens is 1190 g/mol. The van der Waals surface area contributed by atoms with Crippen LogP contribution >= 0.6 is 0 Å². The molecular formula is C81H155NO13. The van der Waals surface area contributed by atoms with Crippen LogP contribution in [-0.4, -0.2) is 140 Å². The number of carbonyl (C=O) groups is 1. The number of hydrogen-bond acceptors (Lipinski definition) is 13. The molecule has 12 atom stereocenters. The fourth-order valence-electron chi connectivity index (χ4n) is 13.9. The first-order chi connectivity index (χ1) is 46.6. The van der Waals surface area contributed by atoms with E-state index in [4.69, 9.17) is 18.9 Å². The van der Waals surface area contributed by atoms with Crippen molar-refractivity contribution >= 4 is 5.91 Å². The molecule has 0 aromatic heterocycles. The summed E-state index contributed by atoms with van der Waals surface area (Å²) in [5.41, 5.74) is 0. The SMILES string of the molecule is CCCCCCCCCC/C=C\CCCCCCCCCCCCCCCCCCCCCCCCCCCCCCCC(=O)NC(COC1OC(CO)C(OC2OC(CO)C(O)C(O)C2O)C(O)C1O)C(O)/C=C/CCCCCCCCCCCCCCCCCCCC. The molecule has 1 amide bonds. The van der Waals surface area contributed by atoms with Gasteiger partial charge in [0.1, 0.15) is 48.8 Å². The average Bonchev–Trinajstić information content (AvgIpc) is 0.897. The molecule has 9 N–H and O–H groups in total. The standard InChI is InChI=1S/C81H155NO13/c1-3-5-7-9-11-13-15-17-19-21-23-25-26-27-28-29-30-31-32-33-34-35-36-37-38-39-40-41-42-43-44-45-47-49-51-53-55-57-59-61-63-65-73(86)82-69(70(85)64-62-60-58-56-54-52-50-48-46-24-22-20-18-16-14-12-10-8-6-4-2)68-92-80-78(91)76(89)79(72(67-84)94-80)95-81-77(90)75(88)74(87)71(66-83)93-81/h21,23,62,64,69-72,74-81,83-85,87-91H,3-20,22,24-61,63,65-68H2,1-2H3,(H,82,86)/b23-21-,64-62+. The summed E-state index contributed by atoms with van der Waals surface area (Å²) in [5.74, 6) is -0.230. The van der Waals surface area contributed by atoms with Crippen molar-refractivity contribution in [2.24, 2.45) is 0 Å². The van der Waals surface area contributed by atoms with E-state index >= 15 is 0 Å². The molecule has 95 heavy (non-hydrogen) atoms. The number of allylic oxidation sites excluding steroid dienone is 3. The highest BCUT2D eigenvalue weighted by atomic mass is 16.7. The van der Waals surface area contributed by atoms with Crippen LogP contribution in [0.3, 0.4) is 0 Å². The number of rotatable bonds is 70. The van der Waals surface area contributed by atoms with Crippen LogP contribution in [0, 0.1) is 0 Å². The number of aliphatic hydroxyl groups excluding tert-OH is 8. The van der Waals surface area contributed by atoms with Crippen LogP contribution in [0.15, 0.2) is 24.3 Å². The Morgan fingerprint density at radius 2 is 0.663 bits per heavy atom. The number of hydrogen-bond donors (Lipinski definition) is 9. The predicted molar refractivity (Wildman–Crippen MR) is 392 cm³/mol. The maximum atomic E-state index is 13.4. The predicted octanol–water partition coefficient (Wildman–Crippen LogP) is 18.6. The highest BCUT2D eigenvalue weighted by Crippen LogP contribution is 2.30. The lowest BCUT2D eigenvalue weighted by molar-refractivity contribution is -0.359. The third-order valence-corrected chi connectivity index (χ3v) is 20.4. The highest BCUT2D eigenvalue weighted by molar-refractivity contribution is 5.76. The van der Waals surface area contributed by atoms with Gasteiger partial charge in [-0.15, -0.1) is 0 Å². The van der Waals surface area contributed by atoms with Crippen molar-refractivity contribution in [1.29, 1.82) is 0 Å². The maximum absolute atomic E-state index is 13.4. The van der Waals surface area contributed by atoms with E-state index in [9.17, 15) is 45.6 Å². The summed E-state index contributed by atoms with van der Waals surface area (Å²) in [4.78, 5) is 13.4. The van der Waals surface area contributed by atoms with E-state index < -0.39 is 86.8 Å². The van der Waals surface area contributed by atoms with Crippen LogP contribution in [0.1, 0.15) is 393 Å². The lowest BCUT2D eigenvalue weighted by Gasteiger charge is -2.46. The second kappa shape index (κ2) is 65.8. The van der Waals surface area contributed by atoms with Gasteiger partial charge in [0.15, 0.2) is 12.6 Å². The van der Waals surface area contributed by atoms with Crippen molar-refractivity contribution in [2.45, 2.75) is 466 Å². The Hall–Kier alpha value is -1.53. The van der Waals surface area contributed by atoms with E-state index in [0.29, 0.717) is 6.42 Å². The Morgan fingerprint density at radius 3 is 1.00 bits per heavy atom. The van der Waals surface area contributed by atoms with E-state index in [1.165, 1.54) is 327 Å². The second-order valence-corrected chi connectivity index (χ2v) is 29.3. The first kappa shape index (κ1) is 89.6. The lowest BCUT2D eigenvalue weighted by atomic mass is 9.97. The monoisotopic (exact) mass is 1350 g/mol. The van der Waals surface area contributed by atoms with Crippen LogP contribution in [0.2, 0.25) is 0 Å². The van der Waals surface area contributed by atoms with E-state index in [1.54, 1.807) is 6.08 Å². The van der Waals surface area contributed by atoms with Gasteiger partial charge in [0, 0.05) is 6.42 Å². The average molecular weight is 1350 g/mol. The smallest absolute Gasteiger partial charge is 0.220 e. The summed E-state index contributed by atoms with van der Waals surface area (Å²) in [6.45, 7) is 2.86. The molecule has 562 valence electrons. The molecule has 2 heterocycles. The number of nitrogens with one attached hydrogen (secondary N) is 1. The normalized spacial score (nSPS) is 22.4. The number of carbonyl (C=O) groups excluding carboxylic acids is 1. The van der Waals surface area contributed by atoms with Gasteiger partial charge in [-0.2, -0.15) is 0 Å². The maximum Gasteiger partial charge on any atom is 0.220 e. The minimum absolute atomic E-state index is 0.230. The van der Waals surface area contributed by atoms with Gasteiger partial charge in [-0.1, -0.05) is 366 Å². The van der Waals surface area contributed by atoms with E-state index in [2.05, 4.69) is 31.3 Å². The summed E-state index contributed by atoms with van der Waals surface area (Å²) >= 11 is 0. The molecule has 2 aliphatic heterocycles. The molecule has 0 spiro atoms. The first-order valence-corrected chi connectivity index (χ1v) is 41.1. The minimum atomic E-state index is -1.79. The largest absolute Gasteiger partial charge is 0.394 e. The van der Waals surface area contributed by atoms with Gasteiger partial charge in [-0.3, -0.25) is 4.79 Å². The summed E-state index contributed by atoms with van der Waals surface area (Å²) in [7, 11) is 0. The first-order valence-electron chi connectivity index (χ1n) is 41.1. The summed E-state index contributed by atoms with van der Waals surface area (Å²) < 4.78 is 22.9. The molecule has 14 nitrogen and oxygen atoms in total. The van der Waals surface area contributed by atoms with Gasteiger partial charge in [0.05, 0.1) is 32.0 Å². The van der Waals surface area contributed by atoms with Gasteiger partial charge in [-0.05, 0) is 44.9 Å². The van der Waals surface area contributed by atoms with Gasteiger partial charge < -0.3 is 65.1 Å². The number of aliphatic hydroxyl groups is 8. The summed E-state index contributed by atoms with van der Waals surface area (Å²) in [5, 5.41) is 87.6. The van der Waals surface area contributed by atoms with Crippen molar-refractivity contribution < 1.29 is 64.6 Å². The van der Waals surface area contributed by atoms with Gasteiger partial charge >= 0.3 is 0 Å². The highest BCUT2D eigenvalue weighted by Gasteiger charge is 2.51. The molecule has 0 aromatic carbocycles.